The van der Waals surface area contributed by atoms with Crippen LogP contribution in [0.25, 0.3) is 0 Å². The van der Waals surface area contributed by atoms with Crippen molar-refractivity contribution in [2.45, 2.75) is 33.9 Å². The Kier molecular flexibility index (Phi) is 11.1. The van der Waals surface area contributed by atoms with Crippen molar-refractivity contribution in [2.75, 3.05) is 32.2 Å². The Bertz CT molecular complexity index is 1360. The number of ether oxygens (including phenoxy) is 4. The molecule has 0 aliphatic carbocycles. The summed E-state index contributed by atoms with van der Waals surface area (Å²) in [7, 11) is 1.58. The lowest BCUT2D eigenvalue weighted by Crippen LogP contribution is -2.29. The third-order valence-electron chi connectivity index (χ3n) is 5.77. The highest BCUT2D eigenvalue weighted by atomic mass is 16.6. The summed E-state index contributed by atoms with van der Waals surface area (Å²) in [6.45, 7) is 6.44. The number of nitrogens with one attached hydrogen (secondary N) is 3. The van der Waals surface area contributed by atoms with E-state index < -0.39 is 11.0 Å². The number of nitro groups is 1. The van der Waals surface area contributed by atoms with E-state index in [9.17, 15) is 19.7 Å². The predicted molar refractivity (Wildman–Crippen MR) is 153 cm³/mol. The van der Waals surface area contributed by atoms with Gasteiger partial charge in [-0.25, -0.2) is 4.79 Å². The van der Waals surface area contributed by atoms with Gasteiger partial charge in [-0.1, -0.05) is 12.1 Å². The molecule has 3 amide bonds. The molecule has 0 unspecified atom stereocenters. The number of amides is 3. The topological polar surface area (TPSA) is 150 Å². The molecular weight excluding hydrogens is 532 g/mol. The molecule has 3 N–H and O–H groups in total. The number of carbonyl (C=O) groups is 2. The Morgan fingerprint density at radius 1 is 0.805 bits per heavy atom. The fourth-order valence-electron chi connectivity index (χ4n) is 3.87. The lowest BCUT2D eigenvalue weighted by molar-refractivity contribution is -0.385. The number of methoxy groups -OCH3 is 1. The number of carbonyl (C=O) groups excluding carboxylic acids is 2. The molecule has 41 heavy (non-hydrogen) atoms. The molecule has 0 radical (unpaired) electrons. The largest absolute Gasteiger partial charge is 0.497 e. The van der Waals surface area contributed by atoms with Crippen LogP contribution in [0.2, 0.25) is 0 Å². The first kappa shape index (κ1) is 30.5. The maximum Gasteiger partial charge on any atom is 0.319 e. The second kappa shape index (κ2) is 15.0. The zero-order chi connectivity index (χ0) is 29.8. The van der Waals surface area contributed by atoms with Crippen LogP contribution in [0.3, 0.4) is 0 Å². The molecule has 0 heterocycles. The highest BCUT2D eigenvalue weighted by Gasteiger charge is 2.21. The smallest absolute Gasteiger partial charge is 0.319 e. The van der Waals surface area contributed by atoms with Gasteiger partial charge in [-0.05, 0) is 62.7 Å². The molecule has 0 aliphatic heterocycles. The maximum atomic E-state index is 13.0. The molecule has 0 atom stereocenters. The van der Waals surface area contributed by atoms with Crippen molar-refractivity contribution in [1.82, 2.24) is 10.6 Å². The summed E-state index contributed by atoms with van der Waals surface area (Å²) in [6, 6.07) is 14.3. The third kappa shape index (κ3) is 8.49. The molecular formula is C29H34N4O8. The van der Waals surface area contributed by atoms with Gasteiger partial charge >= 0.3 is 11.7 Å². The van der Waals surface area contributed by atoms with E-state index in [0.717, 1.165) is 5.56 Å². The number of nitro benzene ring substituents is 1. The van der Waals surface area contributed by atoms with Crippen LogP contribution in [-0.2, 0) is 13.1 Å². The predicted octanol–water partition coefficient (Wildman–Crippen LogP) is 5.05. The molecule has 3 aromatic rings. The number of hydrogen-bond acceptors (Lipinski definition) is 8. The summed E-state index contributed by atoms with van der Waals surface area (Å²) >= 11 is 0. The first-order chi connectivity index (χ1) is 19.8. The lowest BCUT2D eigenvalue weighted by atomic mass is 10.1. The number of urea groups is 1. The average Bonchev–Trinajstić information content (AvgIpc) is 2.97. The summed E-state index contributed by atoms with van der Waals surface area (Å²) in [5, 5.41) is 19.7. The summed E-state index contributed by atoms with van der Waals surface area (Å²) in [5.41, 5.74) is 1.78. The Balaban J connectivity index is 1.72. The van der Waals surface area contributed by atoms with Crippen molar-refractivity contribution < 1.29 is 33.5 Å². The quantitative estimate of drug-likeness (QED) is 0.181. The van der Waals surface area contributed by atoms with Crippen LogP contribution in [0, 0.1) is 10.1 Å². The van der Waals surface area contributed by atoms with Crippen LogP contribution in [0.5, 0.6) is 23.0 Å². The van der Waals surface area contributed by atoms with Crippen molar-refractivity contribution in [3.63, 3.8) is 0 Å². The minimum absolute atomic E-state index is 0.00543. The second-order valence-corrected chi connectivity index (χ2v) is 8.53. The number of hydrogen-bond donors (Lipinski definition) is 3. The zero-order valence-corrected chi connectivity index (χ0v) is 23.4. The minimum atomic E-state index is -0.558. The molecule has 0 spiro atoms. The molecule has 0 aliphatic rings. The molecule has 0 saturated heterocycles. The lowest BCUT2D eigenvalue weighted by Gasteiger charge is -2.15. The van der Waals surface area contributed by atoms with Crippen molar-refractivity contribution in [3.05, 3.63) is 81.4 Å². The molecule has 12 nitrogen and oxygen atoms in total. The summed E-state index contributed by atoms with van der Waals surface area (Å²) in [5.74, 6) is 1.06. The average molecular weight is 567 g/mol. The van der Waals surface area contributed by atoms with E-state index in [0.29, 0.717) is 29.4 Å². The van der Waals surface area contributed by atoms with Crippen LogP contribution in [0.4, 0.5) is 16.2 Å². The highest BCUT2D eigenvalue weighted by molar-refractivity contribution is 5.99. The molecule has 0 bridgehead atoms. The molecule has 0 fully saturated rings. The van der Waals surface area contributed by atoms with Gasteiger partial charge in [-0.15, -0.1) is 0 Å². The Labute approximate surface area is 238 Å². The maximum absolute atomic E-state index is 13.0. The Hall–Kier alpha value is -5.00. The van der Waals surface area contributed by atoms with Crippen molar-refractivity contribution in [2.24, 2.45) is 0 Å². The van der Waals surface area contributed by atoms with Crippen molar-refractivity contribution in [3.8, 4) is 23.0 Å². The summed E-state index contributed by atoms with van der Waals surface area (Å²) in [4.78, 5) is 36.7. The van der Waals surface area contributed by atoms with Gasteiger partial charge in [0.05, 0.1) is 43.5 Å². The monoisotopic (exact) mass is 566 g/mol. The van der Waals surface area contributed by atoms with Gasteiger partial charge in [-0.2, -0.15) is 0 Å². The van der Waals surface area contributed by atoms with Gasteiger partial charge in [-0.3, -0.25) is 14.9 Å². The number of rotatable bonds is 14. The molecule has 12 heteroatoms. The number of anilines is 1. The van der Waals surface area contributed by atoms with Crippen molar-refractivity contribution in [1.29, 1.82) is 0 Å². The Morgan fingerprint density at radius 3 is 2.10 bits per heavy atom. The molecule has 3 aromatic carbocycles. The first-order valence-corrected chi connectivity index (χ1v) is 13.1. The van der Waals surface area contributed by atoms with E-state index in [-0.39, 0.29) is 55.0 Å². The summed E-state index contributed by atoms with van der Waals surface area (Å²) in [6.07, 6.45) is 0. The molecule has 3 rings (SSSR count). The van der Waals surface area contributed by atoms with E-state index in [1.54, 1.807) is 33.1 Å². The number of benzene rings is 3. The van der Waals surface area contributed by atoms with E-state index >= 15 is 0 Å². The second-order valence-electron chi connectivity index (χ2n) is 8.53. The molecule has 218 valence electrons. The first-order valence-electron chi connectivity index (χ1n) is 13.1. The van der Waals surface area contributed by atoms with Crippen LogP contribution >= 0.6 is 0 Å². The van der Waals surface area contributed by atoms with Gasteiger partial charge in [0, 0.05) is 24.3 Å². The molecule has 0 aromatic heterocycles. The van der Waals surface area contributed by atoms with E-state index in [2.05, 4.69) is 16.0 Å². The zero-order valence-electron chi connectivity index (χ0n) is 23.4. The van der Waals surface area contributed by atoms with E-state index in [1.807, 2.05) is 31.2 Å². The van der Waals surface area contributed by atoms with E-state index in [4.69, 9.17) is 18.9 Å². The standard InChI is InChI=1S/C29H34N4O8/c1-5-39-25-13-10-21(15-23(25)28(34)30-17-19-8-11-22(38-4)12-9-19)32-29(35)31-18-20-14-27(41-7-3)24(33(36)37)16-26(20)40-6-2/h8-16H,5-7,17-18H2,1-4H3,(H,30,34)(H2,31,32,35). The van der Waals surface area contributed by atoms with Gasteiger partial charge in [0.25, 0.3) is 5.91 Å². The van der Waals surface area contributed by atoms with Crippen LogP contribution < -0.4 is 34.9 Å². The summed E-state index contributed by atoms with van der Waals surface area (Å²) < 4.78 is 21.8. The van der Waals surface area contributed by atoms with Crippen LogP contribution in [-0.4, -0.2) is 43.8 Å². The van der Waals surface area contributed by atoms with Crippen molar-refractivity contribution >= 4 is 23.3 Å². The van der Waals surface area contributed by atoms with Gasteiger partial charge in [0.1, 0.15) is 17.2 Å². The fraction of sp³-hybridized carbons (Fsp3) is 0.310. The van der Waals surface area contributed by atoms with Gasteiger partial charge < -0.3 is 34.9 Å². The van der Waals surface area contributed by atoms with Gasteiger partial charge in [0.15, 0.2) is 5.75 Å². The SMILES string of the molecule is CCOc1cc([N+](=O)[O-])c(OCC)cc1CNC(=O)Nc1ccc(OCC)c(C(=O)NCc2ccc(OC)cc2)c1. The minimum Gasteiger partial charge on any atom is -0.497 e. The molecule has 0 saturated carbocycles. The van der Waals surface area contributed by atoms with Crippen LogP contribution in [0.15, 0.2) is 54.6 Å². The fourth-order valence-corrected chi connectivity index (χ4v) is 3.87. The normalized spacial score (nSPS) is 10.3. The van der Waals surface area contributed by atoms with Gasteiger partial charge in [0.2, 0.25) is 0 Å². The van der Waals surface area contributed by atoms with Crippen LogP contribution in [0.1, 0.15) is 42.3 Å². The highest BCUT2D eigenvalue weighted by Crippen LogP contribution is 2.35. The number of nitrogens with zero attached hydrogens (tertiary/aromatic N) is 1. The Morgan fingerprint density at radius 2 is 1.46 bits per heavy atom. The third-order valence-corrected chi connectivity index (χ3v) is 5.77. The van der Waals surface area contributed by atoms with E-state index in [1.165, 1.54) is 18.2 Å².